The number of hydrogen-bond donors (Lipinski definition) is 2. The number of nitrogens with zero attached hydrogens (tertiary/aromatic N) is 4. The van der Waals surface area contributed by atoms with Gasteiger partial charge in [-0.15, -0.1) is 0 Å². The van der Waals surface area contributed by atoms with Crippen LogP contribution < -0.4 is 20.3 Å². The number of anilines is 2. The van der Waals surface area contributed by atoms with E-state index in [1.54, 1.807) is 19.5 Å². The SMILES string of the molecule is COc1ccc(N2C(=S)N[C@H](c3ccccn3)[C@H]2c2ccc(C)n2-c2cccnc2)cc1NC(C)=O. The van der Waals surface area contributed by atoms with Crippen molar-refractivity contribution in [3.05, 3.63) is 96.3 Å². The molecule has 3 aromatic heterocycles. The molecule has 4 aromatic rings. The molecule has 1 amide bonds. The van der Waals surface area contributed by atoms with E-state index in [4.69, 9.17) is 17.0 Å². The van der Waals surface area contributed by atoms with Crippen molar-refractivity contribution in [2.75, 3.05) is 17.3 Å². The van der Waals surface area contributed by atoms with Crippen LogP contribution in [0.25, 0.3) is 5.69 Å². The molecule has 4 heterocycles. The van der Waals surface area contributed by atoms with E-state index in [1.807, 2.05) is 54.7 Å². The minimum absolute atomic E-state index is 0.184. The smallest absolute Gasteiger partial charge is 0.221 e. The number of aromatic nitrogens is 3. The van der Waals surface area contributed by atoms with E-state index in [0.717, 1.165) is 28.5 Å². The summed E-state index contributed by atoms with van der Waals surface area (Å²) < 4.78 is 7.66. The van der Waals surface area contributed by atoms with Gasteiger partial charge in [0, 0.05) is 36.4 Å². The summed E-state index contributed by atoms with van der Waals surface area (Å²) in [5.41, 5.74) is 5.33. The number of nitrogens with one attached hydrogen (secondary N) is 2. The van der Waals surface area contributed by atoms with Gasteiger partial charge in [0.15, 0.2) is 5.11 Å². The normalized spacial score (nSPS) is 17.1. The van der Waals surface area contributed by atoms with Crippen LogP contribution in [-0.4, -0.2) is 32.7 Å². The molecular weight excluding hydrogens is 472 g/mol. The molecule has 0 aliphatic carbocycles. The maximum atomic E-state index is 11.9. The molecule has 2 N–H and O–H groups in total. The van der Waals surface area contributed by atoms with Crippen molar-refractivity contribution in [2.24, 2.45) is 0 Å². The van der Waals surface area contributed by atoms with Crippen molar-refractivity contribution < 1.29 is 9.53 Å². The van der Waals surface area contributed by atoms with Gasteiger partial charge < -0.3 is 24.8 Å². The lowest BCUT2D eigenvalue weighted by molar-refractivity contribution is -0.114. The monoisotopic (exact) mass is 498 g/mol. The summed E-state index contributed by atoms with van der Waals surface area (Å²) in [5, 5.41) is 6.91. The molecule has 0 spiro atoms. The van der Waals surface area contributed by atoms with Gasteiger partial charge in [0.2, 0.25) is 5.91 Å². The van der Waals surface area contributed by atoms with E-state index >= 15 is 0 Å². The second kappa shape index (κ2) is 9.79. The van der Waals surface area contributed by atoms with Gasteiger partial charge in [-0.3, -0.25) is 14.8 Å². The highest BCUT2D eigenvalue weighted by Crippen LogP contribution is 2.44. The molecule has 0 radical (unpaired) electrons. The second-order valence-electron chi connectivity index (χ2n) is 8.51. The molecule has 1 fully saturated rings. The number of thiocarbonyl (C=S) groups is 1. The minimum Gasteiger partial charge on any atom is -0.495 e. The number of amides is 1. The summed E-state index contributed by atoms with van der Waals surface area (Å²) in [4.78, 5) is 22.9. The summed E-state index contributed by atoms with van der Waals surface area (Å²) in [5.74, 6) is 0.385. The lowest BCUT2D eigenvalue weighted by Gasteiger charge is -2.29. The van der Waals surface area contributed by atoms with Gasteiger partial charge in [0.05, 0.1) is 36.4 Å². The first-order chi connectivity index (χ1) is 17.5. The van der Waals surface area contributed by atoms with Crippen molar-refractivity contribution in [3.8, 4) is 11.4 Å². The van der Waals surface area contributed by atoms with Crippen LogP contribution in [0, 0.1) is 6.92 Å². The molecule has 1 aliphatic rings. The van der Waals surface area contributed by atoms with E-state index in [-0.39, 0.29) is 18.0 Å². The van der Waals surface area contributed by atoms with E-state index in [2.05, 4.69) is 49.1 Å². The Balaban J connectivity index is 1.69. The third kappa shape index (κ3) is 4.29. The molecular formula is C27H26N6O2S. The van der Waals surface area contributed by atoms with Crippen LogP contribution in [-0.2, 0) is 4.79 Å². The zero-order valence-electron chi connectivity index (χ0n) is 20.2. The van der Waals surface area contributed by atoms with Gasteiger partial charge in [-0.25, -0.2) is 0 Å². The quantitative estimate of drug-likeness (QED) is 0.372. The largest absolute Gasteiger partial charge is 0.495 e. The zero-order valence-corrected chi connectivity index (χ0v) is 21.0. The number of methoxy groups -OCH3 is 1. The Morgan fingerprint density at radius 2 is 1.94 bits per heavy atom. The molecule has 36 heavy (non-hydrogen) atoms. The molecule has 5 rings (SSSR count). The van der Waals surface area contributed by atoms with Crippen LogP contribution in [0.2, 0.25) is 0 Å². The lowest BCUT2D eigenvalue weighted by atomic mass is 10.0. The number of carbonyl (C=O) groups excluding carboxylic acids is 1. The fourth-order valence-electron chi connectivity index (χ4n) is 4.69. The van der Waals surface area contributed by atoms with Crippen LogP contribution in [0.5, 0.6) is 5.75 Å². The second-order valence-corrected chi connectivity index (χ2v) is 8.90. The van der Waals surface area contributed by atoms with Crippen molar-refractivity contribution in [2.45, 2.75) is 25.9 Å². The molecule has 0 unspecified atom stereocenters. The summed E-state index contributed by atoms with van der Waals surface area (Å²) in [6.45, 7) is 3.54. The average molecular weight is 499 g/mol. The van der Waals surface area contributed by atoms with Crippen molar-refractivity contribution in [3.63, 3.8) is 0 Å². The first-order valence-electron chi connectivity index (χ1n) is 11.5. The van der Waals surface area contributed by atoms with E-state index < -0.39 is 0 Å². The molecule has 1 aromatic carbocycles. The molecule has 9 heteroatoms. The molecule has 8 nitrogen and oxygen atoms in total. The Labute approximate surface area is 215 Å². The van der Waals surface area contributed by atoms with Gasteiger partial charge in [-0.2, -0.15) is 0 Å². The Kier molecular flexibility index (Phi) is 6.39. The third-order valence-corrected chi connectivity index (χ3v) is 6.50. The van der Waals surface area contributed by atoms with E-state index in [1.165, 1.54) is 6.92 Å². The molecule has 1 aliphatic heterocycles. The standard InChI is InChI=1S/C27H26N6O2S/c1-17-9-11-23(32(17)20-7-6-13-28-16-20)26-25(21-8-4-5-14-29-21)31-27(36)33(26)19-10-12-24(35-3)22(15-19)30-18(2)34/h4-16,25-26H,1-3H3,(H,30,34)(H,31,36)/t25-,26-/m1/s1. The van der Waals surface area contributed by atoms with Gasteiger partial charge in [0.25, 0.3) is 0 Å². The van der Waals surface area contributed by atoms with Gasteiger partial charge in [-0.05, 0) is 73.7 Å². The van der Waals surface area contributed by atoms with Crippen LogP contribution in [0.15, 0.2) is 79.3 Å². The molecule has 182 valence electrons. The highest BCUT2D eigenvalue weighted by Gasteiger charge is 2.42. The van der Waals surface area contributed by atoms with Crippen LogP contribution in [0.4, 0.5) is 11.4 Å². The van der Waals surface area contributed by atoms with Gasteiger partial charge in [0.1, 0.15) is 11.8 Å². The summed E-state index contributed by atoms with van der Waals surface area (Å²) in [6.07, 6.45) is 5.39. The molecule has 0 bridgehead atoms. The van der Waals surface area contributed by atoms with Gasteiger partial charge in [-0.1, -0.05) is 6.07 Å². The fourth-order valence-corrected chi connectivity index (χ4v) is 5.04. The number of rotatable bonds is 6. The predicted molar refractivity (Wildman–Crippen MR) is 144 cm³/mol. The number of pyridine rings is 2. The minimum atomic E-state index is -0.236. The molecule has 1 saturated heterocycles. The number of aryl methyl sites for hydroxylation is 1. The van der Waals surface area contributed by atoms with Crippen LogP contribution in [0.3, 0.4) is 0 Å². The maximum Gasteiger partial charge on any atom is 0.221 e. The number of carbonyl (C=O) groups is 1. The third-order valence-electron chi connectivity index (χ3n) is 6.18. The highest BCUT2D eigenvalue weighted by molar-refractivity contribution is 7.80. The molecule has 0 saturated carbocycles. The first-order valence-corrected chi connectivity index (χ1v) is 11.9. The predicted octanol–water partition coefficient (Wildman–Crippen LogP) is 4.72. The molecule has 2 atom stereocenters. The van der Waals surface area contributed by atoms with Crippen molar-refractivity contribution in [1.29, 1.82) is 0 Å². The Hall–Kier alpha value is -4.24. The maximum absolute atomic E-state index is 11.9. The summed E-state index contributed by atoms with van der Waals surface area (Å²) in [7, 11) is 1.58. The van der Waals surface area contributed by atoms with Gasteiger partial charge >= 0.3 is 0 Å². The van der Waals surface area contributed by atoms with Crippen molar-refractivity contribution in [1.82, 2.24) is 19.9 Å². The summed E-state index contributed by atoms with van der Waals surface area (Å²) in [6, 6.07) is 19.2. The van der Waals surface area contributed by atoms with E-state index in [0.29, 0.717) is 16.5 Å². The Morgan fingerprint density at radius 3 is 2.64 bits per heavy atom. The fraction of sp³-hybridized carbons (Fsp3) is 0.185. The first kappa shape index (κ1) is 23.5. The van der Waals surface area contributed by atoms with Crippen molar-refractivity contribution >= 4 is 34.6 Å². The average Bonchev–Trinajstić information content (AvgIpc) is 3.44. The zero-order chi connectivity index (χ0) is 25.2. The Morgan fingerprint density at radius 1 is 1.08 bits per heavy atom. The van der Waals surface area contributed by atoms with Crippen LogP contribution >= 0.6 is 12.2 Å². The summed E-state index contributed by atoms with van der Waals surface area (Å²) >= 11 is 5.88. The Bertz CT molecular complexity index is 1410. The number of benzene rings is 1. The van der Waals surface area contributed by atoms with E-state index in [9.17, 15) is 4.79 Å². The van der Waals surface area contributed by atoms with Crippen LogP contribution in [0.1, 0.15) is 36.1 Å². The highest BCUT2D eigenvalue weighted by atomic mass is 32.1. The number of hydrogen-bond acceptors (Lipinski definition) is 5. The lowest BCUT2D eigenvalue weighted by Crippen LogP contribution is -2.30. The topological polar surface area (TPSA) is 84.3 Å². The number of ether oxygens (including phenoxy) is 1.